The van der Waals surface area contributed by atoms with Crippen LogP contribution in [0.3, 0.4) is 0 Å². The first-order valence-electron chi connectivity index (χ1n) is 4.02. The number of pyridine rings is 1. The van der Waals surface area contributed by atoms with E-state index >= 15 is 0 Å². The predicted octanol–water partition coefficient (Wildman–Crippen LogP) is 3.80. The van der Waals surface area contributed by atoms with E-state index in [9.17, 15) is 26.3 Å². The predicted molar refractivity (Wildman–Crippen MR) is 48.5 cm³/mol. The quantitative estimate of drug-likeness (QED) is 0.772. The van der Waals surface area contributed by atoms with Crippen molar-refractivity contribution in [2.75, 3.05) is 6.61 Å². The topological polar surface area (TPSA) is 22.1 Å². The number of halogens is 7. The summed E-state index contributed by atoms with van der Waals surface area (Å²) in [5.74, 6) is -0.546. The highest BCUT2D eigenvalue weighted by Crippen LogP contribution is 2.33. The SMILES string of the molecule is FC(F)(F)COc1ncc(C(F)(F)F)cc1Br. The fourth-order valence-electron chi connectivity index (χ4n) is 0.837. The van der Waals surface area contributed by atoms with Gasteiger partial charge in [-0.05, 0) is 22.0 Å². The van der Waals surface area contributed by atoms with Crippen molar-refractivity contribution >= 4 is 15.9 Å². The van der Waals surface area contributed by atoms with Crippen molar-refractivity contribution in [3.05, 3.63) is 22.3 Å². The summed E-state index contributed by atoms with van der Waals surface area (Å²) in [5.41, 5.74) is -1.08. The number of nitrogens with zero attached hydrogens (tertiary/aromatic N) is 1. The molecule has 0 aliphatic rings. The minimum Gasteiger partial charge on any atom is -0.467 e. The van der Waals surface area contributed by atoms with Crippen LogP contribution < -0.4 is 4.74 Å². The van der Waals surface area contributed by atoms with Crippen LogP contribution in [0.4, 0.5) is 26.3 Å². The minimum atomic E-state index is -4.61. The van der Waals surface area contributed by atoms with Gasteiger partial charge in [0.1, 0.15) is 0 Å². The number of aromatic nitrogens is 1. The third kappa shape index (κ3) is 4.41. The van der Waals surface area contributed by atoms with Crippen LogP contribution in [0.15, 0.2) is 16.7 Å². The molecule has 1 aromatic rings. The Labute approximate surface area is 99.7 Å². The first-order valence-corrected chi connectivity index (χ1v) is 4.81. The zero-order valence-corrected chi connectivity index (χ0v) is 9.45. The van der Waals surface area contributed by atoms with E-state index in [1.807, 2.05) is 0 Å². The Morgan fingerprint density at radius 3 is 2.18 bits per heavy atom. The Bertz CT molecular complexity index is 402. The van der Waals surface area contributed by atoms with E-state index in [4.69, 9.17) is 0 Å². The van der Waals surface area contributed by atoms with Crippen molar-refractivity contribution < 1.29 is 31.1 Å². The lowest BCUT2D eigenvalue weighted by Gasteiger charge is -2.11. The number of alkyl halides is 6. The first-order chi connectivity index (χ1) is 7.59. The van der Waals surface area contributed by atoms with E-state index in [-0.39, 0.29) is 4.47 Å². The van der Waals surface area contributed by atoms with Crippen molar-refractivity contribution in [1.82, 2.24) is 4.98 Å². The second-order valence-electron chi connectivity index (χ2n) is 2.91. The zero-order valence-electron chi connectivity index (χ0n) is 7.86. The Hall–Kier alpha value is -0.990. The van der Waals surface area contributed by atoms with Gasteiger partial charge in [-0.3, -0.25) is 0 Å². The molecule has 0 amide bonds. The molecule has 9 heteroatoms. The third-order valence-electron chi connectivity index (χ3n) is 1.51. The monoisotopic (exact) mass is 323 g/mol. The van der Waals surface area contributed by atoms with Crippen LogP contribution in [-0.2, 0) is 6.18 Å². The fourth-order valence-corrected chi connectivity index (χ4v) is 1.30. The van der Waals surface area contributed by atoms with Crippen molar-refractivity contribution in [3.63, 3.8) is 0 Å². The molecule has 0 spiro atoms. The van der Waals surface area contributed by atoms with Crippen LogP contribution in [-0.4, -0.2) is 17.8 Å². The molecular formula is C8H4BrF6NO. The third-order valence-corrected chi connectivity index (χ3v) is 2.08. The average molecular weight is 324 g/mol. The summed E-state index contributed by atoms with van der Waals surface area (Å²) in [6.45, 7) is -1.62. The van der Waals surface area contributed by atoms with Gasteiger partial charge in [0.15, 0.2) is 6.61 Å². The molecule has 0 saturated carbocycles. The highest BCUT2D eigenvalue weighted by Gasteiger charge is 2.32. The second-order valence-corrected chi connectivity index (χ2v) is 3.77. The number of hydrogen-bond acceptors (Lipinski definition) is 2. The van der Waals surface area contributed by atoms with Gasteiger partial charge in [-0.2, -0.15) is 26.3 Å². The summed E-state index contributed by atoms with van der Waals surface area (Å²) in [6, 6.07) is 0.596. The van der Waals surface area contributed by atoms with Gasteiger partial charge in [-0.25, -0.2) is 4.98 Å². The van der Waals surface area contributed by atoms with E-state index in [0.29, 0.717) is 12.3 Å². The Kier molecular flexibility index (Phi) is 3.90. The van der Waals surface area contributed by atoms with Crippen LogP contribution in [0.5, 0.6) is 5.88 Å². The second kappa shape index (κ2) is 4.71. The van der Waals surface area contributed by atoms with E-state index < -0.39 is 30.4 Å². The molecule has 0 aliphatic heterocycles. The maximum absolute atomic E-state index is 12.2. The number of rotatable bonds is 2. The molecule has 0 aliphatic carbocycles. The first kappa shape index (κ1) is 14.1. The van der Waals surface area contributed by atoms with Gasteiger partial charge in [0, 0.05) is 6.20 Å². The molecule has 2 nitrogen and oxygen atoms in total. The highest BCUT2D eigenvalue weighted by molar-refractivity contribution is 9.10. The molecule has 0 aromatic carbocycles. The Morgan fingerprint density at radius 1 is 1.18 bits per heavy atom. The molecular weight excluding hydrogens is 320 g/mol. The van der Waals surface area contributed by atoms with Gasteiger partial charge in [0.25, 0.3) is 0 Å². The van der Waals surface area contributed by atoms with Gasteiger partial charge in [0.2, 0.25) is 5.88 Å². The van der Waals surface area contributed by atoms with Gasteiger partial charge in [-0.1, -0.05) is 0 Å². The lowest BCUT2D eigenvalue weighted by molar-refractivity contribution is -0.154. The van der Waals surface area contributed by atoms with Gasteiger partial charge in [0.05, 0.1) is 10.0 Å². The number of hydrogen-bond donors (Lipinski definition) is 0. The van der Waals surface area contributed by atoms with Crippen molar-refractivity contribution in [3.8, 4) is 5.88 Å². The lowest BCUT2D eigenvalue weighted by Crippen LogP contribution is -2.20. The standard InChI is InChI=1S/C8H4BrF6NO/c9-5-1-4(8(13,14)15)2-16-6(5)17-3-7(10,11)12/h1-2H,3H2. The zero-order chi connectivity index (χ0) is 13.3. The van der Waals surface area contributed by atoms with E-state index in [1.165, 1.54) is 0 Å². The summed E-state index contributed by atoms with van der Waals surface area (Å²) < 4.78 is 75.9. The normalized spacial score (nSPS) is 12.6. The van der Waals surface area contributed by atoms with Crippen LogP contribution in [0.2, 0.25) is 0 Å². The molecule has 96 valence electrons. The van der Waals surface area contributed by atoms with Crippen LogP contribution in [0.1, 0.15) is 5.56 Å². The summed E-state index contributed by atoms with van der Waals surface area (Å²) in [7, 11) is 0. The minimum absolute atomic E-state index is 0.295. The molecule has 0 saturated heterocycles. The van der Waals surface area contributed by atoms with Gasteiger partial charge < -0.3 is 4.74 Å². The average Bonchev–Trinajstić information content (AvgIpc) is 2.12. The molecule has 0 atom stereocenters. The van der Waals surface area contributed by atoms with Crippen LogP contribution >= 0.6 is 15.9 Å². The van der Waals surface area contributed by atoms with Crippen molar-refractivity contribution in [2.24, 2.45) is 0 Å². The number of ether oxygens (including phenoxy) is 1. The van der Waals surface area contributed by atoms with Crippen molar-refractivity contribution in [2.45, 2.75) is 12.4 Å². The van der Waals surface area contributed by atoms with Gasteiger partial charge in [-0.15, -0.1) is 0 Å². The maximum atomic E-state index is 12.2. The van der Waals surface area contributed by atoms with E-state index in [0.717, 1.165) is 0 Å². The molecule has 1 rings (SSSR count). The Balaban J connectivity index is 2.84. The fraction of sp³-hybridized carbons (Fsp3) is 0.375. The summed E-state index contributed by atoms with van der Waals surface area (Å²) in [4.78, 5) is 3.16. The molecule has 1 heterocycles. The largest absolute Gasteiger partial charge is 0.467 e. The smallest absolute Gasteiger partial charge is 0.422 e. The molecule has 0 radical (unpaired) electrons. The van der Waals surface area contributed by atoms with E-state index in [2.05, 4.69) is 25.7 Å². The highest BCUT2D eigenvalue weighted by atomic mass is 79.9. The summed E-state index contributed by atoms with van der Waals surface area (Å²) in [5, 5.41) is 0. The lowest BCUT2D eigenvalue weighted by atomic mass is 10.3. The van der Waals surface area contributed by atoms with Gasteiger partial charge >= 0.3 is 12.4 Å². The molecule has 17 heavy (non-hydrogen) atoms. The summed E-state index contributed by atoms with van der Waals surface area (Å²) in [6.07, 6.45) is -8.79. The molecule has 0 bridgehead atoms. The molecule has 1 aromatic heterocycles. The molecule has 0 fully saturated rings. The van der Waals surface area contributed by atoms with Crippen LogP contribution in [0, 0.1) is 0 Å². The maximum Gasteiger partial charge on any atom is 0.422 e. The summed E-state index contributed by atoms with van der Waals surface area (Å²) >= 11 is 2.65. The van der Waals surface area contributed by atoms with Crippen molar-refractivity contribution in [1.29, 1.82) is 0 Å². The molecule has 0 unspecified atom stereocenters. The molecule has 0 N–H and O–H groups in total. The Morgan fingerprint density at radius 2 is 1.76 bits per heavy atom. The van der Waals surface area contributed by atoms with E-state index in [1.54, 1.807) is 0 Å². The van der Waals surface area contributed by atoms with Crippen LogP contribution in [0.25, 0.3) is 0 Å².